The van der Waals surface area contributed by atoms with Gasteiger partial charge in [-0.15, -0.1) is 0 Å². The van der Waals surface area contributed by atoms with E-state index in [9.17, 15) is 0 Å². The van der Waals surface area contributed by atoms with Crippen molar-refractivity contribution in [1.29, 1.82) is 0 Å². The zero-order valence-electron chi connectivity index (χ0n) is 7.96. The monoisotopic (exact) mass is 166 g/mol. The average Bonchev–Trinajstić information content (AvgIpc) is 2.80. The number of aliphatic imine (C=N–C) groups is 1. The first-order valence-corrected chi connectivity index (χ1v) is 4.66. The highest BCUT2D eigenvalue weighted by Crippen LogP contribution is 2.29. The summed E-state index contributed by atoms with van der Waals surface area (Å²) in [7, 11) is 0. The molecule has 0 bridgehead atoms. The summed E-state index contributed by atoms with van der Waals surface area (Å²) in [5.41, 5.74) is 6.46. The molecule has 12 heavy (non-hydrogen) atoms. The van der Waals surface area contributed by atoms with Crippen LogP contribution in [0.25, 0.3) is 0 Å². The van der Waals surface area contributed by atoms with Gasteiger partial charge in [0.25, 0.3) is 0 Å². The molecule has 0 radical (unpaired) electrons. The molecule has 2 N–H and O–H groups in total. The maximum absolute atomic E-state index is 5.33. The molecule has 0 atom stereocenters. The molecule has 0 aromatic carbocycles. The Balaban J connectivity index is 2.43. The molecular formula is C10H18N2. The first-order valence-electron chi connectivity index (χ1n) is 4.66. The van der Waals surface area contributed by atoms with E-state index in [1.165, 1.54) is 12.8 Å². The van der Waals surface area contributed by atoms with Gasteiger partial charge in [-0.1, -0.05) is 13.8 Å². The molecule has 0 saturated heterocycles. The fourth-order valence-corrected chi connectivity index (χ4v) is 1.06. The van der Waals surface area contributed by atoms with Gasteiger partial charge in [0.1, 0.15) is 0 Å². The Labute approximate surface area is 74.6 Å². The number of hydrogen-bond acceptors (Lipinski definition) is 2. The Bertz CT molecular complexity index is 188. The van der Waals surface area contributed by atoms with Crippen LogP contribution in [0.15, 0.2) is 17.3 Å². The SMILES string of the molecule is CC(C)C(C=CN)=NCC1CC1. The molecule has 0 heterocycles. The molecule has 2 heteroatoms. The van der Waals surface area contributed by atoms with Gasteiger partial charge in [0.2, 0.25) is 0 Å². The summed E-state index contributed by atoms with van der Waals surface area (Å²) in [5.74, 6) is 1.36. The van der Waals surface area contributed by atoms with Crippen molar-refractivity contribution in [2.45, 2.75) is 26.7 Å². The van der Waals surface area contributed by atoms with Crippen molar-refractivity contribution in [3.63, 3.8) is 0 Å². The van der Waals surface area contributed by atoms with E-state index in [-0.39, 0.29) is 0 Å². The minimum Gasteiger partial charge on any atom is -0.405 e. The lowest BCUT2D eigenvalue weighted by atomic mass is 10.1. The molecule has 68 valence electrons. The highest BCUT2D eigenvalue weighted by atomic mass is 14.8. The van der Waals surface area contributed by atoms with Gasteiger partial charge in [-0.25, -0.2) is 0 Å². The van der Waals surface area contributed by atoms with Crippen molar-refractivity contribution in [2.24, 2.45) is 22.6 Å². The smallest absolute Gasteiger partial charge is 0.0420 e. The predicted octanol–water partition coefficient (Wildman–Crippen LogP) is 1.97. The van der Waals surface area contributed by atoms with Gasteiger partial charge in [-0.05, 0) is 37.0 Å². The van der Waals surface area contributed by atoms with Gasteiger partial charge in [-0.3, -0.25) is 4.99 Å². The van der Waals surface area contributed by atoms with E-state index in [1.54, 1.807) is 6.20 Å². The van der Waals surface area contributed by atoms with Crippen molar-refractivity contribution in [2.75, 3.05) is 6.54 Å². The largest absolute Gasteiger partial charge is 0.405 e. The van der Waals surface area contributed by atoms with Crippen LogP contribution in [0.3, 0.4) is 0 Å². The van der Waals surface area contributed by atoms with Crippen LogP contribution < -0.4 is 5.73 Å². The zero-order chi connectivity index (χ0) is 8.97. The van der Waals surface area contributed by atoms with E-state index in [2.05, 4.69) is 18.8 Å². The third-order valence-corrected chi connectivity index (χ3v) is 2.09. The Morgan fingerprint density at radius 2 is 2.25 bits per heavy atom. The number of allylic oxidation sites excluding steroid dienone is 1. The molecule has 1 saturated carbocycles. The molecule has 1 rings (SSSR count). The van der Waals surface area contributed by atoms with Gasteiger partial charge in [0.05, 0.1) is 0 Å². The molecule has 1 aliphatic carbocycles. The van der Waals surface area contributed by atoms with Crippen LogP contribution in [0.5, 0.6) is 0 Å². The van der Waals surface area contributed by atoms with E-state index < -0.39 is 0 Å². The van der Waals surface area contributed by atoms with E-state index in [0.717, 1.165) is 18.2 Å². The second-order valence-electron chi connectivity index (χ2n) is 3.72. The maximum Gasteiger partial charge on any atom is 0.0420 e. The molecule has 0 aliphatic heterocycles. The van der Waals surface area contributed by atoms with Crippen molar-refractivity contribution < 1.29 is 0 Å². The van der Waals surface area contributed by atoms with Gasteiger partial charge >= 0.3 is 0 Å². The summed E-state index contributed by atoms with van der Waals surface area (Å²) in [6, 6.07) is 0. The van der Waals surface area contributed by atoms with Crippen molar-refractivity contribution >= 4 is 5.71 Å². The topological polar surface area (TPSA) is 38.4 Å². The fraction of sp³-hybridized carbons (Fsp3) is 0.700. The maximum atomic E-state index is 5.33. The van der Waals surface area contributed by atoms with Crippen LogP contribution in [0.2, 0.25) is 0 Å². The van der Waals surface area contributed by atoms with Crippen molar-refractivity contribution in [1.82, 2.24) is 0 Å². The molecule has 1 aliphatic rings. The number of nitrogens with two attached hydrogens (primary N) is 1. The summed E-state index contributed by atoms with van der Waals surface area (Å²) >= 11 is 0. The number of nitrogens with zero attached hydrogens (tertiary/aromatic N) is 1. The van der Waals surface area contributed by atoms with Crippen molar-refractivity contribution in [3.8, 4) is 0 Å². The Kier molecular flexibility index (Phi) is 3.32. The predicted molar refractivity (Wildman–Crippen MR) is 53.2 cm³/mol. The number of rotatable bonds is 4. The molecule has 0 unspecified atom stereocenters. The van der Waals surface area contributed by atoms with Gasteiger partial charge in [0.15, 0.2) is 0 Å². The first kappa shape index (κ1) is 9.30. The average molecular weight is 166 g/mol. The van der Waals surface area contributed by atoms with Gasteiger partial charge < -0.3 is 5.73 Å². The second-order valence-corrected chi connectivity index (χ2v) is 3.72. The van der Waals surface area contributed by atoms with Gasteiger partial charge in [-0.2, -0.15) is 0 Å². The lowest BCUT2D eigenvalue weighted by Gasteiger charge is -2.04. The lowest BCUT2D eigenvalue weighted by Crippen LogP contribution is -2.06. The minimum atomic E-state index is 0.489. The Morgan fingerprint density at radius 3 is 2.67 bits per heavy atom. The Hall–Kier alpha value is -0.790. The Morgan fingerprint density at radius 1 is 1.58 bits per heavy atom. The zero-order valence-corrected chi connectivity index (χ0v) is 7.96. The highest BCUT2D eigenvalue weighted by Gasteiger charge is 2.20. The van der Waals surface area contributed by atoms with E-state index in [1.807, 2.05) is 6.08 Å². The molecule has 1 fully saturated rings. The molecule has 0 spiro atoms. The molecule has 2 nitrogen and oxygen atoms in total. The van der Waals surface area contributed by atoms with Crippen LogP contribution in [0, 0.1) is 11.8 Å². The highest BCUT2D eigenvalue weighted by molar-refractivity contribution is 5.96. The first-order chi connectivity index (χ1) is 5.74. The van der Waals surface area contributed by atoms with Crippen LogP contribution in [0.4, 0.5) is 0 Å². The summed E-state index contributed by atoms with van der Waals surface area (Å²) in [6.07, 6.45) is 6.21. The summed E-state index contributed by atoms with van der Waals surface area (Å²) in [5, 5.41) is 0. The minimum absolute atomic E-state index is 0.489. The van der Waals surface area contributed by atoms with Crippen LogP contribution >= 0.6 is 0 Å². The van der Waals surface area contributed by atoms with Crippen LogP contribution in [-0.2, 0) is 0 Å². The van der Waals surface area contributed by atoms with Crippen molar-refractivity contribution in [3.05, 3.63) is 12.3 Å². The third-order valence-electron chi connectivity index (χ3n) is 2.09. The fourth-order valence-electron chi connectivity index (χ4n) is 1.06. The molecule has 0 amide bonds. The number of hydrogen-bond donors (Lipinski definition) is 1. The molecular weight excluding hydrogens is 148 g/mol. The third kappa shape index (κ3) is 3.07. The van der Waals surface area contributed by atoms with Crippen LogP contribution in [0.1, 0.15) is 26.7 Å². The van der Waals surface area contributed by atoms with E-state index in [0.29, 0.717) is 5.92 Å². The molecule has 0 aromatic rings. The van der Waals surface area contributed by atoms with Gasteiger partial charge in [0, 0.05) is 12.3 Å². The van der Waals surface area contributed by atoms with Crippen LogP contribution in [-0.4, -0.2) is 12.3 Å². The standard InChI is InChI=1S/C10H18N2/c1-8(2)10(5-6-11)12-7-9-3-4-9/h5-6,8-9H,3-4,7,11H2,1-2H3. The quantitative estimate of drug-likeness (QED) is 0.637. The molecule has 0 aromatic heterocycles. The van der Waals surface area contributed by atoms with E-state index >= 15 is 0 Å². The van der Waals surface area contributed by atoms with E-state index in [4.69, 9.17) is 5.73 Å². The summed E-state index contributed by atoms with van der Waals surface area (Å²) < 4.78 is 0. The summed E-state index contributed by atoms with van der Waals surface area (Å²) in [6.45, 7) is 5.29. The second kappa shape index (κ2) is 4.29. The normalized spacial score (nSPS) is 19.4. The summed E-state index contributed by atoms with van der Waals surface area (Å²) in [4.78, 5) is 4.52. The lowest BCUT2D eigenvalue weighted by molar-refractivity contribution is 0.818.